The van der Waals surface area contributed by atoms with Gasteiger partial charge in [-0.15, -0.1) is 0 Å². The molecule has 3 N–H and O–H groups in total. The lowest BCUT2D eigenvalue weighted by Crippen LogP contribution is -2.37. The fraction of sp³-hybridized carbons (Fsp3) is 0.889. The molecule has 13 heavy (non-hydrogen) atoms. The molecule has 0 unspecified atom stereocenters. The number of rotatable bonds is 4. The summed E-state index contributed by atoms with van der Waals surface area (Å²) < 4.78 is 0. The lowest BCUT2D eigenvalue weighted by molar-refractivity contribution is -0.137. The van der Waals surface area contributed by atoms with Crippen molar-refractivity contribution in [1.82, 2.24) is 4.90 Å². The summed E-state index contributed by atoms with van der Waals surface area (Å²) in [6, 6.07) is 0. The maximum atomic E-state index is 10.3. The van der Waals surface area contributed by atoms with E-state index in [1.165, 1.54) is 0 Å². The van der Waals surface area contributed by atoms with E-state index < -0.39 is 5.97 Å². The summed E-state index contributed by atoms with van der Waals surface area (Å²) in [4.78, 5) is 12.5. The number of nitrogens with zero attached hydrogens (tertiary/aromatic N) is 1. The molecule has 1 saturated heterocycles. The number of hydrogen-bond acceptors (Lipinski definition) is 3. The summed E-state index contributed by atoms with van der Waals surface area (Å²) in [6.07, 6.45) is 2.50. The van der Waals surface area contributed by atoms with E-state index in [0.29, 0.717) is 12.5 Å². The van der Waals surface area contributed by atoms with E-state index >= 15 is 0 Å². The Hall–Kier alpha value is -0.610. The minimum atomic E-state index is -0.707. The van der Waals surface area contributed by atoms with Gasteiger partial charge in [-0.2, -0.15) is 0 Å². The maximum Gasteiger partial charge on any atom is 0.304 e. The van der Waals surface area contributed by atoms with Gasteiger partial charge >= 0.3 is 5.97 Å². The second-order valence-electron chi connectivity index (χ2n) is 3.66. The standard InChI is InChI=1S/C9H18N2O2/c10-7-8-1-4-11(5-2-8)6-3-9(12)13/h8H,1-7,10H2,(H,12,13). The third kappa shape index (κ3) is 3.74. The zero-order valence-electron chi connectivity index (χ0n) is 7.91. The van der Waals surface area contributed by atoms with Crippen molar-refractivity contribution >= 4 is 5.97 Å². The highest BCUT2D eigenvalue weighted by molar-refractivity contribution is 5.66. The summed E-state index contributed by atoms with van der Waals surface area (Å²) >= 11 is 0. The minimum absolute atomic E-state index is 0.257. The third-order valence-electron chi connectivity index (χ3n) is 2.68. The minimum Gasteiger partial charge on any atom is -0.481 e. The van der Waals surface area contributed by atoms with Crippen LogP contribution in [-0.4, -0.2) is 42.2 Å². The van der Waals surface area contributed by atoms with Gasteiger partial charge in [0, 0.05) is 6.54 Å². The third-order valence-corrected chi connectivity index (χ3v) is 2.68. The number of carbonyl (C=O) groups is 1. The molecule has 0 saturated carbocycles. The van der Waals surface area contributed by atoms with Gasteiger partial charge < -0.3 is 15.7 Å². The second-order valence-corrected chi connectivity index (χ2v) is 3.66. The Labute approximate surface area is 78.7 Å². The van der Waals surface area contributed by atoms with Crippen LogP contribution in [-0.2, 0) is 4.79 Å². The van der Waals surface area contributed by atoms with Crippen LogP contribution in [0.15, 0.2) is 0 Å². The van der Waals surface area contributed by atoms with Crippen LogP contribution in [0, 0.1) is 5.92 Å². The molecule has 0 aromatic rings. The maximum absolute atomic E-state index is 10.3. The first-order chi connectivity index (χ1) is 6.22. The van der Waals surface area contributed by atoms with Crippen LogP contribution in [0.5, 0.6) is 0 Å². The monoisotopic (exact) mass is 186 g/mol. The van der Waals surface area contributed by atoms with Crippen LogP contribution in [0.4, 0.5) is 0 Å². The Morgan fingerprint density at radius 1 is 1.46 bits per heavy atom. The first-order valence-electron chi connectivity index (χ1n) is 4.86. The molecule has 0 aromatic carbocycles. The van der Waals surface area contributed by atoms with Crippen LogP contribution >= 0.6 is 0 Å². The highest BCUT2D eigenvalue weighted by Crippen LogP contribution is 2.15. The van der Waals surface area contributed by atoms with E-state index in [0.717, 1.165) is 32.5 Å². The predicted molar refractivity (Wildman–Crippen MR) is 50.5 cm³/mol. The summed E-state index contributed by atoms with van der Waals surface area (Å²) in [5.41, 5.74) is 5.56. The normalized spacial score (nSPS) is 20.4. The quantitative estimate of drug-likeness (QED) is 0.655. The van der Waals surface area contributed by atoms with Gasteiger partial charge in [0.05, 0.1) is 6.42 Å². The molecule has 0 radical (unpaired) electrons. The molecule has 0 aromatic heterocycles. The number of carboxylic acid groups (broad SMARTS) is 1. The first-order valence-corrected chi connectivity index (χ1v) is 4.86. The van der Waals surface area contributed by atoms with Gasteiger partial charge in [-0.05, 0) is 38.4 Å². The van der Waals surface area contributed by atoms with Crippen molar-refractivity contribution in [1.29, 1.82) is 0 Å². The topological polar surface area (TPSA) is 66.6 Å². The summed E-state index contributed by atoms with van der Waals surface area (Å²) in [5.74, 6) is -0.0537. The molecule has 4 nitrogen and oxygen atoms in total. The van der Waals surface area contributed by atoms with Gasteiger partial charge in [-0.25, -0.2) is 0 Å². The van der Waals surface area contributed by atoms with Crippen molar-refractivity contribution in [3.05, 3.63) is 0 Å². The van der Waals surface area contributed by atoms with Crippen molar-refractivity contribution in [3.8, 4) is 0 Å². The molecule has 76 valence electrons. The van der Waals surface area contributed by atoms with E-state index in [4.69, 9.17) is 10.8 Å². The first kappa shape index (κ1) is 10.5. The molecule has 1 aliphatic heterocycles. The number of carboxylic acids is 1. The molecule has 0 spiro atoms. The number of aliphatic carboxylic acids is 1. The average molecular weight is 186 g/mol. The number of hydrogen-bond donors (Lipinski definition) is 2. The van der Waals surface area contributed by atoms with Crippen molar-refractivity contribution < 1.29 is 9.90 Å². The molecular weight excluding hydrogens is 168 g/mol. The van der Waals surface area contributed by atoms with E-state index in [1.54, 1.807) is 0 Å². The molecule has 0 bridgehead atoms. The Morgan fingerprint density at radius 3 is 2.54 bits per heavy atom. The van der Waals surface area contributed by atoms with Crippen LogP contribution < -0.4 is 5.73 Å². The van der Waals surface area contributed by atoms with E-state index in [9.17, 15) is 4.79 Å². The molecule has 1 rings (SSSR count). The highest BCUT2D eigenvalue weighted by Gasteiger charge is 2.17. The van der Waals surface area contributed by atoms with Gasteiger partial charge in [0.1, 0.15) is 0 Å². The number of nitrogens with two attached hydrogens (primary N) is 1. The molecular formula is C9H18N2O2. The van der Waals surface area contributed by atoms with Crippen LogP contribution in [0.3, 0.4) is 0 Å². The molecule has 0 aliphatic carbocycles. The Bertz CT molecular complexity index is 165. The Balaban J connectivity index is 2.14. The van der Waals surface area contributed by atoms with Crippen molar-refractivity contribution in [2.45, 2.75) is 19.3 Å². The lowest BCUT2D eigenvalue weighted by Gasteiger charge is -2.30. The molecule has 0 amide bonds. The van der Waals surface area contributed by atoms with Gasteiger partial charge in [-0.3, -0.25) is 4.79 Å². The molecule has 0 atom stereocenters. The lowest BCUT2D eigenvalue weighted by atomic mass is 9.97. The molecule has 1 fully saturated rings. The van der Waals surface area contributed by atoms with Gasteiger partial charge in [-0.1, -0.05) is 0 Å². The molecule has 4 heteroatoms. The van der Waals surface area contributed by atoms with E-state index in [1.807, 2.05) is 0 Å². The van der Waals surface area contributed by atoms with Crippen molar-refractivity contribution in [2.75, 3.05) is 26.2 Å². The van der Waals surface area contributed by atoms with Crippen LogP contribution in [0.1, 0.15) is 19.3 Å². The molecule has 1 aliphatic rings. The fourth-order valence-corrected chi connectivity index (χ4v) is 1.70. The number of likely N-dealkylation sites (tertiary alicyclic amines) is 1. The van der Waals surface area contributed by atoms with Gasteiger partial charge in [0.2, 0.25) is 0 Å². The Kier molecular flexibility index (Phi) is 4.18. The average Bonchev–Trinajstić information content (AvgIpc) is 2.15. The van der Waals surface area contributed by atoms with Crippen molar-refractivity contribution in [3.63, 3.8) is 0 Å². The smallest absolute Gasteiger partial charge is 0.304 e. The molecule has 1 heterocycles. The van der Waals surface area contributed by atoms with E-state index in [-0.39, 0.29) is 6.42 Å². The summed E-state index contributed by atoms with van der Waals surface area (Å²) in [5, 5.41) is 8.50. The Morgan fingerprint density at radius 2 is 2.08 bits per heavy atom. The largest absolute Gasteiger partial charge is 0.481 e. The highest BCUT2D eigenvalue weighted by atomic mass is 16.4. The zero-order chi connectivity index (χ0) is 9.68. The zero-order valence-corrected chi connectivity index (χ0v) is 7.91. The SMILES string of the molecule is NCC1CCN(CCC(=O)O)CC1. The van der Waals surface area contributed by atoms with Gasteiger partial charge in [0.25, 0.3) is 0 Å². The van der Waals surface area contributed by atoms with Crippen LogP contribution in [0.2, 0.25) is 0 Å². The second kappa shape index (κ2) is 5.19. The number of piperidine rings is 1. The van der Waals surface area contributed by atoms with Gasteiger partial charge in [0.15, 0.2) is 0 Å². The summed E-state index contributed by atoms with van der Waals surface area (Å²) in [6.45, 7) is 3.48. The predicted octanol–water partition coefficient (Wildman–Crippen LogP) is 0.132. The van der Waals surface area contributed by atoms with Crippen LogP contribution in [0.25, 0.3) is 0 Å². The van der Waals surface area contributed by atoms with E-state index in [2.05, 4.69) is 4.90 Å². The summed E-state index contributed by atoms with van der Waals surface area (Å²) in [7, 11) is 0. The fourth-order valence-electron chi connectivity index (χ4n) is 1.70. The van der Waals surface area contributed by atoms with Crippen molar-refractivity contribution in [2.24, 2.45) is 11.7 Å².